The van der Waals surface area contributed by atoms with Gasteiger partial charge in [-0.3, -0.25) is 9.59 Å². The maximum atomic E-state index is 13.0. The number of carbonyl (C=O) groups is 2. The maximum Gasteiger partial charge on any atom is 0.311 e. The monoisotopic (exact) mass is 327 g/mol. The van der Waals surface area contributed by atoms with E-state index in [0.717, 1.165) is 10.9 Å². The van der Waals surface area contributed by atoms with Gasteiger partial charge in [-0.05, 0) is 25.5 Å². The van der Waals surface area contributed by atoms with Crippen LogP contribution in [0.3, 0.4) is 0 Å². The zero-order valence-corrected chi connectivity index (χ0v) is 14.1. The molecule has 1 fully saturated rings. The van der Waals surface area contributed by atoms with Gasteiger partial charge in [0.05, 0.1) is 16.5 Å². The molecule has 1 aromatic heterocycles. The lowest BCUT2D eigenvalue weighted by Gasteiger charge is -2.22. The number of amides is 1. The van der Waals surface area contributed by atoms with Gasteiger partial charge in [-0.1, -0.05) is 18.2 Å². The van der Waals surface area contributed by atoms with Crippen molar-refractivity contribution >= 4 is 28.6 Å². The molecule has 0 spiro atoms. The zero-order valence-electron chi connectivity index (χ0n) is 14.1. The van der Waals surface area contributed by atoms with Crippen molar-refractivity contribution in [1.82, 2.24) is 9.88 Å². The number of fused-ring (bicyclic) bond motifs is 1. The Balaban J connectivity index is 2.03. The molecule has 0 radical (unpaired) electrons. The number of carbonyl (C=O) groups excluding carboxylic acids is 1. The van der Waals surface area contributed by atoms with Crippen LogP contribution >= 0.6 is 0 Å². The van der Waals surface area contributed by atoms with Crippen molar-refractivity contribution in [3.05, 3.63) is 35.9 Å². The first-order valence-electron chi connectivity index (χ1n) is 7.91. The number of likely N-dealkylation sites (tertiary alicyclic amines) is 1. The number of benzene rings is 1. The molecule has 6 nitrogen and oxygen atoms in total. The Bertz CT molecular complexity index is 818. The largest absolute Gasteiger partial charge is 0.481 e. The summed E-state index contributed by atoms with van der Waals surface area (Å²) in [4.78, 5) is 32.5. The van der Waals surface area contributed by atoms with E-state index in [-0.39, 0.29) is 12.5 Å². The molecule has 1 amide bonds. The summed E-state index contributed by atoms with van der Waals surface area (Å²) in [6, 6.07) is 9.30. The maximum absolute atomic E-state index is 13.0. The van der Waals surface area contributed by atoms with Crippen LogP contribution in [0, 0.1) is 5.41 Å². The first-order valence-corrected chi connectivity index (χ1v) is 7.91. The topological polar surface area (TPSA) is 73.7 Å². The Hall–Kier alpha value is -2.63. The highest BCUT2D eigenvalue weighted by molar-refractivity contribution is 6.07. The zero-order chi connectivity index (χ0) is 17.5. The van der Waals surface area contributed by atoms with Crippen molar-refractivity contribution < 1.29 is 14.7 Å². The fraction of sp³-hybridized carbons (Fsp3) is 0.389. The van der Waals surface area contributed by atoms with E-state index >= 15 is 0 Å². The molecule has 2 heterocycles. The smallest absolute Gasteiger partial charge is 0.311 e. The van der Waals surface area contributed by atoms with Gasteiger partial charge in [0.25, 0.3) is 5.91 Å². The van der Waals surface area contributed by atoms with E-state index in [2.05, 4.69) is 4.98 Å². The standard InChI is InChI=1S/C18H21N3O3/c1-18(17(23)24)8-9-21(11-18)16(22)13-10-15(20(2)3)19-14-7-5-4-6-12(13)14/h4-7,10H,8-9,11H2,1-3H3,(H,23,24). The fourth-order valence-electron chi connectivity index (χ4n) is 3.05. The van der Waals surface area contributed by atoms with Crippen molar-refractivity contribution in [1.29, 1.82) is 0 Å². The minimum absolute atomic E-state index is 0.137. The predicted octanol–water partition coefficient (Wildman–Crippen LogP) is 2.24. The quantitative estimate of drug-likeness (QED) is 0.936. The lowest BCUT2D eigenvalue weighted by molar-refractivity contribution is -0.147. The Labute approximate surface area is 140 Å². The Morgan fingerprint density at radius 2 is 2.00 bits per heavy atom. The molecule has 6 heteroatoms. The molecular formula is C18H21N3O3. The molecule has 2 aromatic rings. The summed E-state index contributed by atoms with van der Waals surface area (Å²) < 4.78 is 0. The van der Waals surface area contributed by atoms with Gasteiger partial charge in [-0.2, -0.15) is 0 Å². The van der Waals surface area contributed by atoms with Crippen molar-refractivity contribution in [2.24, 2.45) is 5.41 Å². The van der Waals surface area contributed by atoms with Gasteiger partial charge in [0, 0.05) is 32.6 Å². The van der Waals surface area contributed by atoms with Gasteiger partial charge in [0.2, 0.25) is 0 Å². The Morgan fingerprint density at radius 3 is 2.62 bits per heavy atom. The van der Waals surface area contributed by atoms with Gasteiger partial charge in [-0.25, -0.2) is 4.98 Å². The molecule has 1 aliphatic rings. The van der Waals surface area contributed by atoms with Crippen LogP contribution in [0.15, 0.2) is 30.3 Å². The molecule has 1 saturated heterocycles. The van der Waals surface area contributed by atoms with Crippen LogP contribution in [0.25, 0.3) is 10.9 Å². The normalized spacial score (nSPS) is 20.4. The third-order valence-electron chi connectivity index (χ3n) is 4.67. The molecule has 0 saturated carbocycles. The van der Waals surface area contributed by atoms with E-state index in [1.54, 1.807) is 17.9 Å². The van der Waals surface area contributed by atoms with Crippen LogP contribution in [0.1, 0.15) is 23.7 Å². The Kier molecular flexibility index (Phi) is 3.91. The third kappa shape index (κ3) is 2.68. The van der Waals surface area contributed by atoms with E-state index in [0.29, 0.717) is 24.3 Å². The molecule has 0 bridgehead atoms. The number of para-hydroxylation sites is 1. The van der Waals surface area contributed by atoms with Crippen molar-refractivity contribution in [2.75, 3.05) is 32.1 Å². The van der Waals surface area contributed by atoms with Crippen LogP contribution in [0.2, 0.25) is 0 Å². The number of aliphatic carboxylic acids is 1. The number of hydrogen-bond acceptors (Lipinski definition) is 4. The van der Waals surface area contributed by atoms with Crippen molar-refractivity contribution in [3.8, 4) is 0 Å². The molecule has 126 valence electrons. The molecule has 1 unspecified atom stereocenters. The van der Waals surface area contributed by atoms with E-state index in [1.807, 2.05) is 43.3 Å². The van der Waals surface area contributed by atoms with Crippen LogP contribution in [-0.4, -0.2) is 54.1 Å². The summed E-state index contributed by atoms with van der Waals surface area (Å²) in [6.45, 7) is 2.38. The lowest BCUT2D eigenvalue weighted by Crippen LogP contribution is -2.35. The molecular weight excluding hydrogens is 306 g/mol. The predicted molar refractivity (Wildman–Crippen MR) is 92.3 cm³/mol. The van der Waals surface area contributed by atoms with Gasteiger partial charge < -0.3 is 14.9 Å². The molecule has 3 rings (SSSR count). The second-order valence-electron chi connectivity index (χ2n) is 6.78. The highest BCUT2D eigenvalue weighted by Gasteiger charge is 2.42. The second kappa shape index (κ2) is 5.78. The summed E-state index contributed by atoms with van der Waals surface area (Å²) in [5, 5.41) is 10.2. The number of carboxylic acids is 1. The van der Waals surface area contributed by atoms with Crippen LogP contribution in [0.5, 0.6) is 0 Å². The first-order chi connectivity index (χ1) is 11.3. The van der Waals surface area contributed by atoms with Gasteiger partial charge >= 0.3 is 5.97 Å². The summed E-state index contributed by atoms with van der Waals surface area (Å²) in [5.41, 5.74) is 0.453. The second-order valence-corrected chi connectivity index (χ2v) is 6.78. The number of nitrogens with zero attached hydrogens (tertiary/aromatic N) is 3. The number of pyridine rings is 1. The van der Waals surface area contributed by atoms with Gasteiger partial charge in [0.1, 0.15) is 5.82 Å². The summed E-state index contributed by atoms with van der Waals surface area (Å²) in [5.74, 6) is -0.287. The molecule has 24 heavy (non-hydrogen) atoms. The third-order valence-corrected chi connectivity index (χ3v) is 4.67. The number of hydrogen-bond donors (Lipinski definition) is 1. The number of rotatable bonds is 3. The lowest BCUT2D eigenvalue weighted by atomic mass is 9.90. The SMILES string of the molecule is CN(C)c1cc(C(=O)N2CCC(C)(C(=O)O)C2)c2ccccc2n1. The van der Waals surface area contributed by atoms with E-state index in [4.69, 9.17) is 0 Å². The number of aromatic nitrogens is 1. The minimum atomic E-state index is -0.872. The summed E-state index contributed by atoms with van der Waals surface area (Å²) in [7, 11) is 3.76. The van der Waals surface area contributed by atoms with E-state index in [9.17, 15) is 14.7 Å². The van der Waals surface area contributed by atoms with Crippen LogP contribution < -0.4 is 4.90 Å². The minimum Gasteiger partial charge on any atom is -0.481 e. The van der Waals surface area contributed by atoms with Crippen molar-refractivity contribution in [3.63, 3.8) is 0 Å². The highest BCUT2D eigenvalue weighted by atomic mass is 16.4. The van der Waals surface area contributed by atoms with Crippen LogP contribution in [0.4, 0.5) is 5.82 Å². The molecule has 1 aliphatic heterocycles. The molecule has 0 aliphatic carbocycles. The fourth-order valence-corrected chi connectivity index (χ4v) is 3.05. The van der Waals surface area contributed by atoms with Crippen molar-refractivity contribution in [2.45, 2.75) is 13.3 Å². The van der Waals surface area contributed by atoms with Gasteiger partial charge in [-0.15, -0.1) is 0 Å². The average molecular weight is 327 g/mol. The molecule has 1 atom stereocenters. The van der Waals surface area contributed by atoms with E-state index in [1.165, 1.54) is 0 Å². The average Bonchev–Trinajstić information content (AvgIpc) is 2.97. The molecule has 1 N–H and O–H groups in total. The van der Waals surface area contributed by atoms with Gasteiger partial charge in [0.15, 0.2) is 0 Å². The molecule has 1 aromatic carbocycles. The first kappa shape index (κ1) is 16.2. The number of carboxylic acid groups (broad SMARTS) is 1. The van der Waals surface area contributed by atoms with Crippen LogP contribution in [-0.2, 0) is 4.79 Å². The number of anilines is 1. The van der Waals surface area contributed by atoms with E-state index < -0.39 is 11.4 Å². The Morgan fingerprint density at radius 1 is 1.29 bits per heavy atom. The summed E-state index contributed by atoms with van der Waals surface area (Å²) >= 11 is 0. The highest BCUT2D eigenvalue weighted by Crippen LogP contribution is 2.32. The summed E-state index contributed by atoms with van der Waals surface area (Å²) in [6.07, 6.45) is 0.470.